The molecule has 2 unspecified atom stereocenters. The second-order valence-corrected chi connectivity index (χ2v) is 5.39. The number of para-hydroxylation sites is 2. The predicted molar refractivity (Wildman–Crippen MR) is 94.9 cm³/mol. The summed E-state index contributed by atoms with van der Waals surface area (Å²) in [6, 6.07) is 17.1. The van der Waals surface area contributed by atoms with Crippen molar-refractivity contribution in [1.29, 1.82) is 0 Å². The fourth-order valence-corrected chi connectivity index (χ4v) is 1.95. The van der Waals surface area contributed by atoms with E-state index in [9.17, 15) is 4.79 Å². The zero-order chi connectivity index (χ0) is 15.9. The van der Waals surface area contributed by atoms with Crippen LogP contribution in [0.1, 0.15) is 19.4 Å². The summed E-state index contributed by atoms with van der Waals surface area (Å²) in [6.45, 7) is 4.07. The van der Waals surface area contributed by atoms with Gasteiger partial charge in [0.1, 0.15) is 11.5 Å². The lowest BCUT2D eigenvalue weighted by Gasteiger charge is -2.16. The molecule has 0 aliphatic heterocycles. The molecule has 5 heteroatoms. The van der Waals surface area contributed by atoms with E-state index < -0.39 is 0 Å². The number of ether oxygens (including phenoxy) is 1. The highest BCUT2D eigenvalue weighted by atomic mass is 35.5. The van der Waals surface area contributed by atoms with Gasteiger partial charge in [-0.3, -0.25) is 4.79 Å². The Morgan fingerprint density at radius 1 is 1.09 bits per heavy atom. The molecule has 0 heterocycles. The first kappa shape index (κ1) is 19.0. The maximum absolute atomic E-state index is 12.0. The van der Waals surface area contributed by atoms with Crippen LogP contribution in [0, 0.1) is 5.92 Å². The van der Waals surface area contributed by atoms with Crippen LogP contribution >= 0.6 is 12.4 Å². The molecule has 2 aromatic rings. The van der Waals surface area contributed by atoms with Crippen LogP contribution in [0.4, 0.5) is 0 Å². The van der Waals surface area contributed by atoms with Gasteiger partial charge in [0.15, 0.2) is 0 Å². The molecule has 2 rings (SSSR count). The topological polar surface area (TPSA) is 64.4 Å². The molecule has 0 aromatic heterocycles. The van der Waals surface area contributed by atoms with Crippen molar-refractivity contribution in [2.45, 2.75) is 26.4 Å². The molecule has 0 radical (unpaired) electrons. The molecule has 2 aromatic carbocycles. The highest BCUT2D eigenvalue weighted by Gasteiger charge is 2.17. The minimum Gasteiger partial charge on any atom is -0.457 e. The maximum atomic E-state index is 12.0. The summed E-state index contributed by atoms with van der Waals surface area (Å²) >= 11 is 0. The van der Waals surface area contributed by atoms with Crippen molar-refractivity contribution in [3.8, 4) is 11.5 Å². The van der Waals surface area contributed by atoms with Crippen LogP contribution in [0.5, 0.6) is 11.5 Å². The Morgan fingerprint density at radius 2 is 1.70 bits per heavy atom. The Bertz CT molecular complexity index is 617. The number of halogens is 1. The zero-order valence-corrected chi connectivity index (χ0v) is 14.2. The van der Waals surface area contributed by atoms with E-state index in [-0.39, 0.29) is 30.3 Å². The summed E-state index contributed by atoms with van der Waals surface area (Å²) in [5.74, 6) is 1.24. The molecule has 0 fully saturated rings. The van der Waals surface area contributed by atoms with Gasteiger partial charge in [-0.05, 0) is 25.1 Å². The van der Waals surface area contributed by atoms with E-state index in [1.807, 2.05) is 68.4 Å². The Kier molecular flexibility index (Phi) is 7.59. The number of carbonyl (C=O) groups excluding carboxylic acids is 1. The molecular weight excluding hydrogens is 312 g/mol. The quantitative estimate of drug-likeness (QED) is 0.849. The smallest absolute Gasteiger partial charge is 0.224 e. The van der Waals surface area contributed by atoms with Crippen LogP contribution in [0.15, 0.2) is 54.6 Å². The minimum atomic E-state index is -0.220. The molecule has 4 nitrogen and oxygen atoms in total. The van der Waals surface area contributed by atoms with Crippen molar-refractivity contribution >= 4 is 18.3 Å². The number of hydrogen-bond acceptors (Lipinski definition) is 3. The minimum absolute atomic E-state index is 0. The van der Waals surface area contributed by atoms with E-state index >= 15 is 0 Å². The first-order chi connectivity index (χ1) is 10.6. The average Bonchev–Trinajstić information content (AvgIpc) is 2.54. The lowest BCUT2D eigenvalue weighted by atomic mass is 10.0. The van der Waals surface area contributed by atoms with Gasteiger partial charge >= 0.3 is 0 Å². The van der Waals surface area contributed by atoms with Crippen molar-refractivity contribution in [3.05, 3.63) is 60.2 Å². The number of nitrogens with one attached hydrogen (secondary N) is 1. The summed E-state index contributed by atoms with van der Waals surface area (Å²) in [6.07, 6.45) is 0. The van der Waals surface area contributed by atoms with Gasteiger partial charge < -0.3 is 15.8 Å². The second-order valence-electron chi connectivity index (χ2n) is 5.39. The van der Waals surface area contributed by atoms with Gasteiger partial charge in [-0.2, -0.15) is 0 Å². The Balaban J connectivity index is 0.00000264. The number of carbonyl (C=O) groups is 1. The summed E-state index contributed by atoms with van der Waals surface area (Å²) in [5.41, 5.74) is 6.68. The predicted octanol–water partition coefficient (Wildman–Crippen LogP) is 3.50. The van der Waals surface area contributed by atoms with Gasteiger partial charge in [-0.15, -0.1) is 12.4 Å². The Morgan fingerprint density at radius 3 is 2.35 bits per heavy atom. The average molecular weight is 335 g/mol. The Labute approximate surface area is 143 Å². The number of rotatable bonds is 6. The van der Waals surface area contributed by atoms with Gasteiger partial charge in [0.05, 0.1) is 0 Å². The molecule has 3 N–H and O–H groups in total. The van der Waals surface area contributed by atoms with Crippen LogP contribution in [0.25, 0.3) is 0 Å². The van der Waals surface area contributed by atoms with Crippen LogP contribution in [0.2, 0.25) is 0 Å². The van der Waals surface area contributed by atoms with Crippen molar-refractivity contribution in [2.24, 2.45) is 11.7 Å². The fraction of sp³-hybridized carbons (Fsp3) is 0.278. The summed E-state index contributed by atoms with van der Waals surface area (Å²) in [4.78, 5) is 12.0. The van der Waals surface area contributed by atoms with Crippen molar-refractivity contribution in [2.75, 3.05) is 0 Å². The summed E-state index contributed by atoms with van der Waals surface area (Å²) in [7, 11) is 0. The second kappa shape index (κ2) is 9.18. The van der Waals surface area contributed by atoms with E-state index in [4.69, 9.17) is 10.5 Å². The third-order valence-corrected chi connectivity index (χ3v) is 3.60. The lowest BCUT2D eigenvalue weighted by Crippen LogP contribution is -2.38. The maximum Gasteiger partial charge on any atom is 0.224 e. The van der Waals surface area contributed by atoms with Crippen LogP contribution in [-0.4, -0.2) is 11.9 Å². The number of hydrogen-bond donors (Lipinski definition) is 2. The molecule has 2 atom stereocenters. The summed E-state index contributed by atoms with van der Waals surface area (Å²) < 4.78 is 5.87. The monoisotopic (exact) mass is 334 g/mol. The Hall–Kier alpha value is -2.04. The number of benzene rings is 2. The van der Waals surface area contributed by atoms with Crippen molar-refractivity contribution < 1.29 is 9.53 Å². The van der Waals surface area contributed by atoms with E-state index in [2.05, 4.69) is 5.32 Å². The molecule has 0 saturated carbocycles. The SMILES string of the molecule is CC(N)C(C)C(=O)NCc1ccccc1Oc1ccccc1.Cl. The zero-order valence-electron chi connectivity index (χ0n) is 13.4. The van der Waals surface area contributed by atoms with Crippen molar-refractivity contribution in [1.82, 2.24) is 5.32 Å². The first-order valence-electron chi connectivity index (χ1n) is 7.42. The molecule has 23 heavy (non-hydrogen) atoms. The largest absolute Gasteiger partial charge is 0.457 e. The first-order valence-corrected chi connectivity index (χ1v) is 7.42. The van der Waals surface area contributed by atoms with E-state index in [1.165, 1.54) is 0 Å². The van der Waals surface area contributed by atoms with Gasteiger partial charge in [0.2, 0.25) is 5.91 Å². The van der Waals surface area contributed by atoms with E-state index in [0.717, 1.165) is 17.1 Å². The normalized spacial score (nSPS) is 12.7. The van der Waals surface area contributed by atoms with E-state index in [1.54, 1.807) is 0 Å². The number of nitrogens with two attached hydrogens (primary N) is 1. The van der Waals surface area contributed by atoms with Gasteiger partial charge in [-0.1, -0.05) is 43.3 Å². The molecule has 0 aliphatic carbocycles. The molecule has 0 bridgehead atoms. The van der Waals surface area contributed by atoms with Crippen LogP contribution in [-0.2, 0) is 11.3 Å². The molecule has 0 aliphatic rings. The van der Waals surface area contributed by atoms with E-state index in [0.29, 0.717) is 6.54 Å². The molecular formula is C18H23ClN2O2. The highest BCUT2D eigenvalue weighted by molar-refractivity contribution is 5.85. The van der Waals surface area contributed by atoms with Gasteiger partial charge in [0, 0.05) is 24.1 Å². The van der Waals surface area contributed by atoms with Gasteiger partial charge in [-0.25, -0.2) is 0 Å². The third-order valence-electron chi connectivity index (χ3n) is 3.60. The fourth-order valence-electron chi connectivity index (χ4n) is 1.95. The highest BCUT2D eigenvalue weighted by Crippen LogP contribution is 2.24. The standard InChI is InChI=1S/C18H22N2O2.ClH/c1-13(14(2)19)18(21)20-12-15-8-6-7-11-17(15)22-16-9-4-3-5-10-16;/h3-11,13-14H,12,19H2,1-2H3,(H,20,21);1H. The lowest BCUT2D eigenvalue weighted by molar-refractivity contribution is -0.125. The number of amides is 1. The molecule has 0 saturated heterocycles. The van der Waals surface area contributed by atoms with Gasteiger partial charge in [0.25, 0.3) is 0 Å². The molecule has 0 spiro atoms. The van der Waals surface area contributed by atoms with Crippen LogP contribution < -0.4 is 15.8 Å². The molecule has 124 valence electrons. The van der Waals surface area contributed by atoms with Crippen molar-refractivity contribution in [3.63, 3.8) is 0 Å². The third kappa shape index (κ3) is 5.58. The molecule has 1 amide bonds. The summed E-state index contributed by atoms with van der Waals surface area (Å²) in [5, 5.41) is 2.91. The van der Waals surface area contributed by atoms with Crippen LogP contribution in [0.3, 0.4) is 0 Å².